The monoisotopic (exact) mass is 1050 g/mol. The third-order valence-electron chi connectivity index (χ3n) is 13.7. The Bertz CT molecular complexity index is 1440. The van der Waals surface area contributed by atoms with E-state index in [1.807, 2.05) is 0 Å². The Labute approximate surface area is 431 Å². The van der Waals surface area contributed by atoms with Crippen molar-refractivity contribution in [3.8, 4) is 0 Å². The van der Waals surface area contributed by atoms with Gasteiger partial charge in [0.25, 0.3) is 0 Å². The van der Waals surface area contributed by atoms with Crippen LogP contribution in [0.4, 0.5) is 0 Å². The predicted molar refractivity (Wildman–Crippen MR) is 272 cm³/mol. The van der Waals surface area contributed by atoms with Crippen LogP contribution in [0.2, 0.25) is 0 Å². The van der Waals surface area contributed by atoms with Gasteiger partial charge < -0.3 is 64.7 Å². The third kappa shape index (κ3) is 28.5. The molecule has 424 valence electrons. The Morgan fingerprint density at radius 3 is 1.39 bits per heavy atom. The van der Waals surface area contributed by atoms with E-state index in [-0.39, 0.29) is 12.8 Å². The minimum absolute atomic E-state index is 0.0372. The summed E-state index contributed by atoms with van der Waals surface area (Å²) < 4.78 is 45.6. The van der Waals surface area contributed by atoms with E-state index in [1.54, 1.807) is 0 Å². The van der Waals surface area contributed by atoms with Gasteiger partial charge in [-0.2, -0.15) is 0 Å². The summed E-state index contributed by atoms with van der Waals surface area (Å²) >= 11 is 0. The average molecular weight is 1060 g/mol. The number of unbranched alkanes of at least 4 members (excludes halogenated alkanes) is 27. The quantitative estimate of drug-likeness (QED) is 0.0122. The number of aliphatic hydroxyl groups excluding tert-OH is 8. The zero-order valence-corrected chi connectivity index (χ0v) is 44.9. The molecule has 0 amide bonds. The van der Waals surface area contributed by atoms with E-state index < -0.39 is 113 Å². The molecule has 2 aliphatic rings. The first-order chi connectivity index (χ1) is 34.7. The average Bonchev–Trinajstić information content (AvgIpc) is 3.36. The molecule has 0 radical (unpaired) electrons. The number of phosphoric ester groups is 1. The number of hydrogen-bond acceptors (Lipinski definition) is 17. The number of hydrogen-bond donors (Lipinski definition) is 9. The second-order valence-corrected chi connectivity index (χ2v) is 21.5. The van der Waals surface area contributed by atoms with Crippen LogP contribution in [-0.4, -0.2) is 151 Å². The molecule has 1 heterocycles. The fourth-order valence-electron chi connectivity index (χ4n) is 9.11. The lowest BCUT2D eigenvalue weighted by Crippen LogP contribution is -2.67. The summed E-state index contributed by atoms with van der Waals surface area (Å²) in [6.45, 7) is 2.25. The van der Waals surface area contributed by atoms with Crippen molar-refractivity contribution in [2.75, 3.05) is 19.8 Å². The predicted octanol–water partition coefficient (Wildman–Crippen LogP) is 7.67. The van der Waals surface area contributed by atoms with Crippen LogP contribution in [0.3, 0.4) is 0 Å². The van der Waals surface area contributed by atoms with Crippen LogP contribution in [-0.2, 0) is 42.1 Å². The molecule has 1 aliphatic heterocycles. The van der Waals surface area contributed by atoms with Crippen molar-refractivity contribution in [2.45, 2.75) is 293 Å². The minimum Gasteiger partial charge on any atom is -0.462 e. The van der Waals surface area contributed by atoms with Crippen LogP contribution in [0, 0.1) is 0 Å². The second-order valence-electron chi connectivity index (χ2n) is 20.1. The molecule has 72 heavy (non-hydrogen) atoms. The molecule has 2 rings (SSSR count). The van der Waals surface area contributed by atoms with Crippen LogP contribution in [0.1, 0.15) is 219 Å². The number of carbonyl (C=O) groups is 2. The van der Waals surface area contributed by atoms with E-state index in [1.165, 1.54) is 103 Å². The maximum atomic E-state index is 13.4. The standard InChI is InChI=1S/C53H99O18P/c1-3-5-7-9-11-13-15-17-19-20-22-24-26-28-30-32-34-36-43(56)68-40(38-66-42(55)35-33-31-29-27-25-23-21-18-16-14-12-10-8-6-4-2)39-67-72(64,65)71-52-49(62)47(60)46(59)48(61)51(52)70-53-50(63)45(58)44(57)41(37-54)69-53/h14,16,40-41,44-54,57-63H,3-13,15,17-39H2,1-2H3,(H,64,65)/b16-14-. The smallest absolute Gasteiger partial charge is 0.462 e. The SMILES string of the molecule is CCCCCC/C=C\CCCCCCCCCC(=O)OCC(COP(=O)(O)OC1C(O)C(O)C(O)C(O)C1OC1OC(CO)C(O)C(O)C1O)OC(=O)CCCCCCCCCCCCCCCCCCC. The van der Waals surface area contributed by atoms with Crippen molar-refractivity contribution in [1.29, 1.82) is 0 Å². The molecule has 0 spiro atoms. The number of allylic oxidation sites excluding steroid dienone is 2. The molecule has 0 aromatic rings. The normalized spacial score (nSPS) is 27.0. The highest BCUT2D eigenvalue weighted by molar-refractivity contribution is 7.47. The zero-order valence-electron chi connectivity index (χ0n) is 44.0. The third-order valence-corrected chi connectivity index (χ3v) is 14.7. The lowest BCUT2D eigenvalue weighted by Gasteiger charge is -2.47. The fraction of sp³-hybridized carbons (Fsp3) is 0.925. The Balaban J connectivity index is 1.90. The van der Waals surface area contributed by atoms with E-state index in [0.717, 1.165) is 77.0 Å². The van der Waals surface area contributed by atoms with Crippen molar-refractivity contribution in [1.82, 2.24) is 0 Å². The fourth-order valence-corrected chi connectivity index (χ4v) is 10.1. The molecule has 13 atom stereocenters. The Hall–Kier alpha value is -1.61. The molecule has 1 saturated heterocycles. The Morgan fingerprint density at radius 1 is 0.514 bits per heavy atom. The molecule has 19 heteroatoms. The molecular weight excluding hydrogens is 956 g/mol. The van der Waals surface area contributed by atoms with Crippen molar-refractivity contribution < 1.29 is 87.9 Å². The Kier molecular flexibility index (Phi) is 37.5. The van der Waals surface area contributed by atoms with Crippen LogP contribution < -0.4 is 0 Å². The van der Waals surface area contributed by atoms with E-state index in [9.17, 15) is 59.9 Å². The van der Waals surface area contributed by atoms with Crippen molar-refractivity contribution in [3.63, 3.8) is 0 Å². The van der Waals surface area contributed by atoms with Crippen molar-refractivity contribution >= 4 is 19.8 Å². The van der Waals surface area contributed by atoms with Gasteiger partial charge in [-0.25, -0.2) is 4.57 Å². The van der Waals surface area contributed by atoms with E-state index in [0.29, 0.717) is 12.8 Å². The summed E-state index contributed by atoms with van der Waals surface area (Å²) in [5, 5.41) is 83.1. The van der Waals surface area contributed by atoms with Crippen molar-refractivity contribution in [2.24, 2.45) is 0 Å². The molecule has 0 bridgehead atoms. The van der Waals surface area contributed by atoms with Crippen LogP contribution in [0.25, 0.3) is 0 Å². The van der Waals surface area contributed by atoms with Crippen LogP contribution >= 0.6 is 7.82 Å². The molecule has 18 nitrogen and oxygen atoms in total. The molecule has 0 aromatic carbocycles. The van der Waals surface area contributed by atoms with Crippen LogP contribution in [0.15, 0.2) is 12.2 Å². The first-order valence-corrected chi connectivity index (χ1v) is 29.5. The number of esters is 2. The minimum atomic E-state index is -5.38. The number of carbonyl (C=O) groups excluding carboxylic acids is 2. The van der Waals surface area contributed by atoms with Crippen LogP contribution in [0.5, 0.6) is 0 Å². The van der Waals surface area contributed by atoms with Gasteiger partial charge in [0.15, 0.2) is 12.4 Å². The van der Waals surface area contributed by atoms with Gasteiger partial charge in [0.05, 0.1) is 13.2 Å². The zero-order chi connectivity index (χ0) is 53.0. The van der Waals surface area contributed by atoms with Gasteiger partial charge in [0, 0.05) is 12.8 Å². The van der Waals surface area contributed by atoms with E-state index in [4.69, 9.17) is 28.0 Å². The lowest BCUT2D eigenvalue weighted by molar-refractivity contribution is -0.338. The van der Waals surface area contributed by atoms with Gasteiger partial charge in [0.1, 0.15) is 67.6 Å². The highest BCUT2D eigenvalue weighted by Crippen LogP contribution is 2.48. The second kappa shape index (κ2) is 40.6. The van der Waals surface area contributed by atoms with Gasteiger partial charge in [-0.1, -0.05) is 180 Å². The highest BCUT2D eigenvalue weighted by Gasteiger charge is 2.55. The van der Waals surface area contributed by atoms with E-state index >= 15 is 0 Å². The number of phosphoric acid groups is 1. The summed E-state index contributed by atoms with van der Waals surface area (Å²) in [4.78, 5) is 36.7. The van der Waals surface area contributed by atoms with Crippen molar-refractivity contribution in [3.05, 3.63) is 12.2 Å². The highest BCUT2D eigenvalue weighted by atomic mass is 31.2. The van der Waals surface area contributed by atoms with E-state index in [2.05, 4.69) is 26.0 Å². The Morgan fingerprint density at radius 2 is 0.917 bits per heavy atom. The largest absolute Gasteiger partial charge is 0.472 e. The summed E-state index contributed by atoms with van der Waals surface area (Å²) in [6, 6.07) is 0. The van der Waals surface area contributed by atoms with Gasteiger partial charge in [-0.15, -0.1) is 0 Å². The van der Waals surface area contributed by atoms with Gasteiger partial charge in [-0.05, 0) is 38.5 Å². The summed E-state index contributed by atoms with van der Waals surface area (Å²) in [7, 11) is -5.38. The molecule has 13 unspecified atom stereocenters. The molecule has 9 N–H and O–H groups in total. The maximum absolute atomic E-state index is 13.4. The number of aliphatic hydroxyl groups is 8. The van der Waals surface area contributed by atoms with Gasteiger partial charge in [-0.3, -0.25) is 18.6 Å². The van der Waals surface area contributed by atoms with Gasteiger partial charge in [0.2, 0.25) is 0 Å². The topological polar surface area (TPSA) is 289 Å². The number of rotatable bonds is 44. The summed E-state index contributed by atoms with van der Waals surface area (Å²) in [5.41, 5.74) is 0. The summed E-state index contributed by atoms with van der Waals surface area (Å²) in [6.07, 6.45) is 15.6. The first kappa shape index (κ1) is 66.5. The molecule has 0 aromatic heterocycles. The molecule has 1 saturated carbocycles. The number of ether oxygens (including phenoxy) is 4. The molecule has 2 fully saturated rings. The first-order valence-electron chi connectivity index (χ1n) is 28.0. The molecule has 1 aliphatic carbocycles. The summed E-state index contributed by atoms with van der Waals surface area (Å²) in [5.74, 6) is -1.21. The molecular formula is C53H99O18P. The maximum Gasteiger partial charge on any atom is 0.472 e. The lowest BCUT2D eigenvalue weighted by atomic mass is 9.84. The van der Waals surface area contributed by atoms with Gasteiger partial charge >= 0.3 is 19.8 Å².